The summed E-state index contributed by atoms with van der Waals surface area (Å²) in [4.78, 5) is 35.8. The molecule has 2 rings (SSSR count). The molecule has 1 fully saturated rings. The van der Waals surface area contributed by atoms with E-state index in [0.29, 0.717) is 5.56 Å². The molecule has 0 spiro atoms. The molecular weight excluding hydrogens is 279 g/mol. The van der Waals surface area contributed by atoms with Crippen molar-refractivity contribution in [3.63, 3.8) is 0 Å². The predicted octanol–water partition coefficient (Wildman–Crippen LogP) is 0.685. The molecule has 7 heteroatoms. The largest absolute Gasteiger partial charge is 0.479 e. The zero-order valence-electron chi connectivity index (χ0n) is 11.4. The Morgan fingerprint density at radius 1 is 1.33 bits per heavy atom. The summed E-state index contributed by atoms with van der Waals surface area (Å²) in [6, 6.07) is 6.01. The molecule has 1 heterocycles. The molecule has 1 aliphatic rings. The third kappa shape index (κ3) is 2.86. The average Bonchev–Trinajstić information content (AvgIpc) is 2.89. The molecule has 1 aromatic carbocycles. The van der Waals surface area contributed by atoms with Crippen LogP contribution < -0.4 is 5.32 Å². The van der Waals surface area contributed by atoms with Crippen LogP contribution in [-0.2, 0) is 4.79 Å². The molecule has 21 heavy (non-hydrogen) atoms. The van der Waals surface area contributed by atoms with Gasteiger partial charge in [0.2, 0.25) is 5.67 Å². The second-order valence-corrected chi connectivity index (χ2v) is 4.91. The normalized spacial score (nSPS) is 21.1. The maximum absolute atomic E-state index is 14.0. The van der Waals surface area contributed by atoms with Crippen molar-refractivity contribution in [1.82, 2.24) is 10.2 Å². The fourth-order valence-corrected chi connectivity index (χ4v) is 2.24. The van der Waals surface area contributed by atoms with Gasteiger partial charge in [-0.25, -0.2) is 9.18 Å². The molecule has 2 N–H and O–H groups in total. The van der Waals surface area contributed by atoms with Crippen LogP contribution in [0, 0.1) is 0 Å². The molecule has 0 radical (unpaired) electrons. The number of aliphatic carboxylic acids is 1. The highest BCUT2D eigenvalue weighted by Crippen LogP contribution is 2.27. The SMILES string of the molecule is CNC(=O)c1cccc(C(=O)N2CCC(F)(C(=O)O)C2)c1. The zero-order valence-corrected chi connectivity index (χ0v) is 11.4. The maximum atomic E-state index is 14.0. The van der Waals surface area contributed by atoms with Crippen molar-refractivity contribution in [2.24, 2.45) is 0 Å². The van der Waals surface area contributed by atoms with Crippen molar-refractivity contribution in [3.8, 4) is 0 Å². The van der Waals surface area contributed by atoms with Crippen LogP contribution >= 0.6 is 0 Å². The van der Waals surface area contributed by atoms with Crippen LogP contribution in [0.4, 0.5) is 4.39 Å². The van der Waals surface area contributed by atoms with Crippen molar-refractivity contribution < 1.29 is 23.9 Å². The summed E-state index contributed by atoms with van der Waals surface area (Å²) in [6.07, 6.45) is -0.233. The fourth-order valence-electron chi connectivity index (χ4n) is 2.24. The van der Waals surface area contributed by atoms with Gasteiger partial charge in [-0.3, -0.25) is 9.59 Å². The number of carboxylic acid groups (broad SMARTS) is 1. The summed E-state index contributed by atoms with van der Waals surface area (Å²) in [6.45, 7) is -0.447. The lowest BCUT2D eigenvalue weighted by atomic mass is 10.1. The molecule has 2 amide bonds. The number of carbonyl (C=O) groups is 3. The Hall–Kier alpha value is -2.44. The van der Waals surface area contributed by atoms with E-state index in [9.17, 15) is 18.8 Å². The van der Waals surface area contributed by atoms with Crippen LogP contribution in [0.25, 0.3) is 0 Å². The van der Waals surface area contributed by atoms with Gasteiger partial charge in [-0.05, 0) is 18.2 Å². The van der Waals surface area contributed by atoms with Gasteiger partial charge in [0.05, 0.1) is 6.54 Å². The lowest BCUT2D eigenvalue weighted by molar-refractivity contribution is -0.149. The van der Waals surface area contributed by atoms with Gasteiger partial charge in [0.1, 0.15) is 0 Å². The number of halogens is 1. The summed E-state index contributed by atoms with van der Waals surface area (Å²) in [5.74, 6) is -2.38. The standard InChI is InChI=1S/C14H15FN2O4/c1-16-11(18)9-3-2-4-10(7-9)12(19)17-6-5-14(15,8-17)13(20)21/h2-4,7H,5-6,8H2,1H3,(H,16,18)(H,20,21). The number of benzene rings is 1. The number of nitrogens with zero attached hydrogens (tertiary/aromatic N) is 1. The van der Waals surface area contributed by atoms with Gasteiger partial charge >= 0.3 is 5.97 Å². The minimum Gasteiger partial charge on any atom is -0.479 e. The molecule has 1 atom stereocenters. The molecule has 112 valence electrons. The summed E-state index contributed by atoms with van der Waals surface area (Å²) in [7, 11) is 1.47. The Labute approximate surface area is 120 Å². The number of likely N-dealkylation sites (tertiary alicyclic amines) is 1. The van der Waals surface area contributed by atoms with E-state index >= 15 is 0 Å². The Balaban J connectivity index is 2.18. The van der Waals surface area contributed by atoms with E-state index < -0.39 is 24.1 Å². The number of nitrogens with one attached hydrogen (secondary N) is 1. The molecular formula is C14H15FN2O4. The van der Waals surface area contributed by atoms with Gasteiger partial charge in [0.15, 0.2) is 0 Å². The van der Waals surface area contributed by atoms with Gasteiger partial charge in [-0.15, -0.1) is 0 Å². The van der Waals surface area contributed by atoms with Crippen LogP contribution in [0.15, 0.2) is 24.3 Å². The van der Waals surface area contributed by atoms with Crippen LogP contribution in [0.2, 0.25) is 0 Å². The second-order valence-electron chi connectivity index (χ2n) is 4.91. The Morgan fingerprint density at radius 3 is 2.57 bits per heavy atom. The van der Waals surface area contributed by atoms with Gasteiger partial charge in [-0.2, -0.15) is 0 Å². The van der Waals surface area contributed by atoms with Crippen LogP contribution in [0.1, 0.15) is 27.1 Å². The first-order valence-electron chi connectivity index (χ1n) is 6.41. The molecule has 1 saturated heterocycles. The third-order valence-electron chi connectivity index (χ3n) is 3.49. The van der Waals surface area contributed by atoms with Crippen LogP contribution in [0.3, 0.4) is 0 Å². The van der Waals surface area contributed by atoms with E-state index in [1.807, 2.05) is 0 Å². The molecule has 1 aromatic rings. The summed E-state index contributed by atoms with van der Waals surface area (Å²) in [5, 5.41) is 11.3. The molecule has 6 nitrogen and oxygen atoms in total. The van der Waals surface area contributed by atoms with E-state index in [1.54, 1.807) is 12.1 Å². The van der Waals surface area contributed by atoms with Gasteiger partial charge in [0, 0.05) is 31.1 Å². The van der Waals surface area contributed by atoms with E-state index in [1.165, 1.54) is 19.2 Å². The number of amides is 2. The van der Waals surface area contributed by atoms with Crippen molar-refractivity contribution in [1.29, 1.82) is 0 Å². The first kappa shape index (κ1) is 15.0. The van der Waals surface area contributed by atoms with E-state index in [4.69, 9.17) is 5.11 Å². The van der Waals surface area contributed by atoms with Crippen molar-refractivity contribution in [3.05, 3.63) is 35.4 Å². The number of carbonyl (C=O) groups excluding carboxylic acids is 2. The van der Waals surface area contributed by atoms with E-state index in [2.05, 4.69) is 5.32 Å². The Kier molecular flexibility index (Phi) is 3.93. The summed E-state index contributed by atoms with van der Waals surface area (Å²) < 4.78 is 14.0. The number of alkyl halides is 1. The first-order chi connectivity index (χ1) is 9.87. The predicted molar refractivity (Wildman–Crippen MR) is 71.8 cm³/mol. The highest BCUT2D eigenvalue weighted by atomic mass is 19.1. The van der Waals surface area contributed by atoms with Crippen molar-refractivity contribution in [2.45, 2.75) is 12.1 Å². The molecule has 1 aliphatic heterocycles. The Morgan fingerprint density at radius 2 is 2.00 bits per heavy atom. The second kappa shape index (κ2) is 5.51. The monoisotopic (exact) mass is 294 g/mol. The molecule has 0 aromatic heterocycles. The molecule has 0 aliphatic carbocycles. The van der Waals surface area contributed by atoms with Crippen molar-refractivity contribution >= 4 is 17.8 Å². The number of hydrogen-bond acceptors (Lipinski definition) is 3. The third-order valence-corrected chi connectivity index (χ3v) is 3.49. The smallest absolute Gasteiger partial charge is 0.343 e. The maximum Gasteiger partial charge on any atom is 0.343 e. The van der Waals surface area contributed by atoms with Crippen molar-refractivity contribution in [2.75, 3.05) is 20.1 Å². The fraction of sp³-hybridized carbons (Fsp3) is 0.357. The zero-order chi connectivity index (χ0) is 15.6. The number of carboxylic acids is 1. The molecule has 0 bridgehead atoms. The average molecular weight is 294 g/mol. The van der Waals surface area contributed by atoms with Gasteiger partial charge in [0.25, 0.3) is 11.8 Å². The first-order valence-corrected chi connectivity index (χ1v) is 6.41. The van der Waals surface area contributed by atoms with E-state index in [0.717, 1.165) is 4.90 Å². The lowest BCUT2D eigenvalue weighted by Crippen LogP contribution is -2.39. The minimum atomic E-state index is -2.39. The quantitative estimate of drug-likeness (QED) is 0.858. The minimum absolute atomic E-state index is 0.0336. The molecule has 1 unspecified atom stereocenters. The Bertz CT molecular complexity index is 604. The van der Waals surface area contributed by atoms with Crippen LogP contribution in [0.5, 0.6) is 0 Å². The summed E-state index contributed by atoms with van der Waals surface area (Å²) >= 11 is 0. The van der Waals surface area contributed by atoms with E-state index in [-0.39, 0.29) is 24.4 Å². The van der Waals surface area contributed by atoms with Crippen LogP contribution in [-0.4, -0.2) is 53.6 Å². The topological polar surface area (TPSA) is 86.7 Å². The lowest BCUT2D eigenvalue weighted by Gasteiger charge is -2.18. The van der Waals surface area contributed by atoms with Gasteiger partial charge < -0.3 is 15.3 Å². The molecule has 0 saturated carbocycles. The highest BCUT2D eigenvalue weighted by Gasteiger charge is 2.46. The highest BCUT2D eigenvalue weighted by molar-refractivity contribution is 6.00. The number of hydrogen-bond donors (Lipinski definition) is 2. The number of rotatable bonds is 3. The van der Waals surface area contributed by atoms with Gasteiger partial charge in [-0.1, -0.05) is 6.07 Å². The summed E-state index contributed by atoms with van der Waals surface area (Å²) in [5.41, 5.74) is -1.85.